The van der Waals surface area contributed by atoms with Gasteiger partial charge in [0.15, 0.2) is 5.82 Å². The zero-order chi connectivity index (χ0) is 24.3. The average molecular weight is 474 g/mol. The van der Waals surface area contributed by atoms with Gasteiger partial charge >= 0.3 is 5.69 Å². The zero-order valence-electron chi connectivity index (χ0n) is 19.0. The number of ketones is 1. The smallest absolute Gasteiger partial charge is 0.299 e. The van der Waals surface area contributed by atoms with Gasteiger partial charge in [-0.15, -0.1) is 0 Å². The van der Waals surface area contributed by atoms with Crippen LogP contribution in [0.2, 0.25) is 5.02 Å². The summed E-state index contributed by atoms with van der Waals surface area (Å²) in [4.78, 5) is 35.7. The van der Waals surface area contributed by atoms with Crippen molar-refractivity contribution in [2.24, 2.45) is 5.41 Å². The van der Waals surface area contributed by atoms with Crippen molar-refractivity contribution in [3.63, 3.8) is 0 Å². The van der Waals surface area contributed by atoms with Crippen molar-refractivity contribution in [3.05, 3.63) is 69.1 Å². The van der Waals surface area contributed by atoms with Crippen LogP contribution in [-0.2, 0) is 11.2 Å². The van der Waals surface area contributed by atoms with Crippen molar-refractivity contribution < 1.29 is 13.6 Å². The molecule has 174 valence electrons. The molecule has 1 N–H and O–H groups in total. The van der Waals surface area contributed by atoms with E-state index in [4.69, 9.17) is 11.6 Å². The minimum Gasteiger partial charge on any atom is -0.299 e. The molecule has 0 bridgehead atoms. The van der Waals surface area contributed by atoms with Gasteiger partial charge in [-0.3, -0.25) is 9.78 Å². The molecule has 0 radical (unpaired) electrons. The van der Waals surface area contributed by atoms with Gasteiger partial charge in [-0.2, -0.15) is 4.98 Å². The molecule has 0 unspecified atom stereocenters. The molecule has 0 aliphatic heterocycles. The number of alkyl halides is 2. The quantitative estimate of drug-likeness (QED) is 0.431. The summed E-state index contributed by atoms with van der Waals surface area (Å²) in [6.07, 6.45) is -2.51. The van der Waals surface area contributed by atoms with Crippen LogP contribution in [-0.4, -0.2) is 27.2 Å². The average Bonchev–Trinajstić information content (AvgIpc) is 2.77. The summed E-state index contributed by atoms with van der Waals surface area (Å²) in [5.41, 5.74) is 0.716. The first-order valence-electron chi connectivity index (χ1n) is 10.7. The largest absolute Gasteiger partial charge is 0.348 e. The monoisotopic (exact) mass is 473 g/mol. The lowest BCUT2D eigenvalue weighted by Crippen LogP contribution is -2.32. The molecule has 0 aliphatic carbocycles. The molecule has 33 heavy (non-hydrogen) atoms. The predicted octanol–water partition coefficient (Wildman–Crippen LogP) is 6.07. The van der Waals surface area contributed by atoms with Gasteiger partial charge in [-0.05, 0) is 55.5 Å². The highest BCUT2D eigenvalue weighted by Gasteiger charge is 2.36. The van der Waals surface area contributed by atoms with Crippen molar-refractivity contribution in [2.45, 2.75) is 52.9 Å². The van der Waals surface area contributed by atoms with Crippen LogP contribution < -0.4 is 5.69 Å². The highest BCUT2D eigenvalue weighted by molar-refractivity contribution is 6.33. The van der Waals surface area contributed by atoms with Gasteiger partial charge < -0.3 is 0 Å². The molecule has 0 fully saturated rings. The number of carbonyl (C=O) groups excluding carboxylic acids is 1. The Morgan fingerprint density at radius 3 is 2.52 bits per heavy atom. The van der Waals surface area contributed by atoms with E-state index in [9.17, 15) is 18.4 Å². The Kier molecular flexibility index (Phi) is 7.42. The SMILES string of the molecule is CC(C)c1cccc(-c2nc(-c3cc(CCC(=O)C(C)(C)C(F)F)ccc3Cl)[nH]c(=O)n2)c1. The third-order valence-corrected chi connectivity index (χ3v) is 5.98. The minimum atomic E-state index is -2.73. The fourth-order valence-electron chi connectivity index (χ4n) is 3.29. The van der Waals surface area contributed by atoms with E-state index in [2.05, 4.69) is 28.8 Å². The molecule has 0 amide bonds. The van der Waals surface area contributed by atoms with E-state index in [1.165, 1.54) is 13.8 Å². The summed E-state index contributed by atoms with van der Waals surface area (Å²) in [6.45, 7) is 6.63. The molecule has 0 saturated carbocycles. The summed E-state index contributed by atoms with van der Waals surface area (Å²) in [5.74, 6) is 0.296. The second kappa shape index (κ2) is 9.91. The normalized spacial score (nSPS) is 11.9. The number of Topliss-reactive ketones (excluding diaryl/α,β-unsaturated/α-hetero) is 1. The van der Waals surface area contributed by atoms with Gasteiger partial charge in [0, 0.05) is 17.5 Å². The predicted molar refractivity (Wildman–Crippen MR) is 126 cm³/mol. The molecule has 3 rings (SSSR count). The maximum absolute atomic E-state index is 13.1. The Morgan fingerprint density at radius 1 is 1.12 bits per heavy atom. The lowest BCUT2D eigenvalue weighted by molar-refractivity contribution is -0.135. The summed E-state index contributed by atoms with van der Waals surface area (Å²) in [7, 11) is 0. The third-order valence-electron chi connectivity index (χ3n) is 5.65. The minimum absolute atomic E-state index is 0.0358. The molecule has 0 aliphatic rings. The molecule has 3 aromatic rings. The second-order valence-electron chi connectivity index (χ2n) is 8.87. The number of benzene rings is 2. The van der Waals surface area contributed by atoms with Crippen molar-refractivity contribution in [2.75, 3.05) is 0 Å². The number of nitrogens with one attached hydrogen (secondary N) is 1. The van der Waals surface area contributed by atoms with Gasteiger partial charge in [0.05, 0.1) is 10.4 Å². The maximum atomic E-state index is 13.1. The standard InChI is InChI=1S/C25H26ClF2N3O2/c1-14(2)16-6-5-7-17(13-16)21-29-22(31-24(33)30-21)18-12-15(8-10-19(18)26)9-11-20(32)25(3,4)23(27)28/h5-8,10,12-14,23H,9,11H2,1-4H3,(H,29,30,31,33). The Balaban J connectivity index is 1.93. The van der Waals surface area contributed by atoms with E-state index >= 15 is 0 Å². The first-order valence-corrected chi connectivity index (χ1v) is 11.1. The molecule has 0 saturated heterocycles. The molecule has 1 aromatic heterocycles. The van der Waals surface area contributed by atoms with E-state index < -0.39 is 23.3 Å². The van der Waals surface area contributed by atoms with Crippen LogP contribution in [0.15, 0.2) is 47.3 Å². The molecule has 1 heterocycles. The van der Waals surface area contributed by atoms with Crippen LogP contribution in [0, 0.1) is 5.41 Å². The number of aromatic nitrogens is 3. The number of aryl methyl sites for hydroxylation is 1. The summed E-state index contributed by atoms with van der Waals surface area (Å²) < 4.78 is 26.3. The number of nitrogens with zero attached hydrogens (tertiary/aromatic N) is 2. The molecule has 8 heteroatoms. The van der Waals surface area contributed by atoms with Crippen molar-refractivity contribution in [1.82, 2.24) is 15.0 Å². The van der Waals surface area contributed by atoms with Gasteiger partial charge in [0.1, 0.15) is 11.6 Å². The number of aromatic amines is 1. The zero-order valence-corrected chi connectivity index (χ0v) is 19.7. The van der Waals surface area contributed by atoms with Crippen LogP contribution >= 0.6 is 11.6 Å². The lowest BCUT2D eigenvalue weighted by Gasteiger charge is -2.21. The van der Waals surface area contributed by atoms with Crippen molar-refractivity contribution >= 4 is 17.4 Å². The van der Waals surface area contributed by atoms with Gasteiger partial charge in [-0.1, -0.05) is 49.7 Å². The number of rotatable bonds is 8. The molecule has 0 atom stereocenters. The Bertz CT molecular complexity index is 1220. The number of carbonyl (C=O) groups is 1. The molecule has 5 nitrogen and oxygen atoms in total. The van der Waals surface area contributed by atoms with Crippen LogP contribution in [0.4, 0.5) is 8.78 Å². The van der Waals surface area contributed by atoms with Crippen LogP contribution in [0.5, 0.6) is 0 Å². The second-order valence-corrected chi connectivity index (χ2v) is 9.27. The highest BCUT2D eigenvalue weighted by Crippen LogP contribution is 2.30. The van der Waals surface area contributed by atoms with E-state index in [0.29, 0.717) is 22.1 Å². The fraction of sp³-hybridized carbons (Fsp3) is 0.360. The Morgan fingerprint density at radius 2 is 1.85 bits per heavy atom. The molecular weight excluding hydrogens is 448 g/mol. The van der Waals surface area contributed by atoms with Gasteiger partial charge in [0.25, 0.3) is 0 Å². The first kappa shape index (κ1) is 24.7. The van der Waals surface area contributed by atoms with E-state index in [1.54, 1.807) is 18.2 Å². The van der Waals surface area contributed by atoms with E-state index in [1.807, 2.05) is 24.3 Å². The highest BCUT2D eigenvalue weighted by atomic mass is 35.5. The molecule has 2 aromatic carbocycles. The number of hydrogen-bond donors (Lipinski definition) is 1. The Hall–Kier alpha value is -2.93. The fourth-order valence-corrected chi connectivity index (χ4v) is 3.50. The van der Waals surface area contributed by atoms with Crippen molar-refractivity contribution in [1.29, 1.82) is 0 Å². The van der Waals surface area contributed by atoms with Gasteiger partial charge in [0.2, 0.25) is 6.43 Å². The summed E-state index contributed by atoms with van der Waals surface area (Å²) >= 11 is 6.38. The number of halogens is 3. The number of H-pyrrole nitrogens is 1. The van der Waals surface area contributed by atoms with Crippen molar-refractivity contribution in [3.8, 4) is 22.8 Å². The van der Waals surface area contributed by atoms with E-state index in [-0.39, 0.29) is 24.5 Å². The third kappa shape index (κ3) is 5.71. The molecular formula is C25H26ClF2N3O2. The number of hydrogen-bond acceptors (Lipinski definition) is 4. The summed E-state index contributed by atoms with van der Waals surface area (Å²) in [6, 6.07) is 12.7. The van der Waals surface area contributed by atoms with Crippen LogP contribution in [0.1, 0.15) is 51.2 Å². The lowest BCUT2D eigenvalue weighted by atomic mass is 9.85. The Labute approximate surface area is 196 Å². The van der Waals surface area contributed by atoms with Crippen LogP contribution in [0.25, 0.3) is 22.8 Å². The van der Waals surface area contributed by atoms with E-state index in [0.717, 1.165) is 11.1 Å². The summed E-state index contributed by atoms with van der Waals surface area (Å²) in [5, 5.41) is 0.356. The maximum Gasteiger partial charge on any atom is 0.348 e. The first-order chi connectivity index (χ1) is 15.5. The topological polar surface area (TPSA) is 75.7 Å². The van der Waals surface area contributed by atoms with Gasteiger partial charge in [-0.25, -0.2) is 18.6 Å². The van der Waals surface area contributed by atoms with Crippen LogP contribution in [0.3, 0.4) is 0 Å². The molecule has 0 spiro atoms.